The first kappa shape index (κ1) is 24.8. The van der Waals surface area contributed by atoms with Crippen LogP contribution in [-0.2, 0) is 6.54 Å². The summed E-state index contributed by atoms with van der Waals surface area (Å²) in [6.45, 7) is 2.84. The Kier molecular flexibility index (Phi) is 6.92. The summed E-state index contributed by atoms with van der Waals surface area (Å²) in [6, 6.07) is 15.2. The number of carboxylic acid groups (broad SMARTS) is 1. The average molecular weight is 514 g/mol. The zero-order chi connectivity index (χ0) is 26.6. The number of rotatable bonds is 9. The van der Waals surface area contributed by atoms with Gasteiger partial charge in [-0.1, -0.05) is 12.1 Å². The molecule has 5 rings (SSSR count). The summed E-state index contributed by atoms with van der Waals surface area (Å²) in [4.78, 5) is 33.0. The summed E-state index contributed by atoms with van der Waals surface area (Å²) in [7, 11) is 0. The van der Waals surface area contributed by atoms with Gasteiger partial charge in [0.05, 0.1) is 46.4 Å². The van der Waals surface area contributed by atoms with Crippen molar-refractivity contribution in [2.24, 2.45) is 5.73 Å². The van der Waals surface area contributed by atoms with Crippen molar-refractivity contribution in [3.8, 4) is 28.5 Å². The molecule has 3 heterocycles. The lowest BCUT2D eigenvalue weighted by molar-refractivity contribution is 0.0692. The van der Waals surface area contributed by atoms with E-state index in [0.29, 0.717) is 58.7 Å². The van der Waals surface area contributed by atoms with Crippen molar-refractivity contribution < 1.29 is 19.0 Å². The first-order valence-electron chi connectivity index (χ1n) is 11.8. The van der Waals surface area contributed by atoms with Gasteiger partial charge in [0, 0.05) is 23.5 Å². The quantitative estimate of drug-likeness (QED) is 0.227. The SMILES string of the molecule is Cc1cccc(-c2[nH]c(CNc3ccc(F)c(C(=O)O)c3)nc2-c2ccc3ncc(OCCN)nc3c2)n1. The highest BCUT2D eigenvalue weighted by molar-refractivity contribution is 5.89. The van der Waals surface area contributed by atoms with Crippen LogP contribution < -0.4 is 15.8 Å². The molecule has 0 atom stereocenters. The highest BCUT2D eigenvalue weighted by Crippen LogP contribution is 2.31. The molecule has 10 nitrogen and oxygen atoms in total. The largest absolute Gasteiger partial charge is 0.478 e. The Morgan fingerprint density at radius 3 is 2.76 bits per heavy atom. The van der Waals surface area contributed by atoms with E-state index in [9.17, 15) is 14.3 Å². The first-order chi connectivity index (χ1) is 18.4. The number of aromatic nitrogens is 5. The molecule has 0 aliphatic heterocycles. The molecular weight excluding hydrogens is 489 g/mol. The number of nitrogens with zero attached hydrogens (tertiary/aromatic N) is 4. The molecule has 0 saturated heterocycles. The lowest BCUT2D eigenvalue weighted by Gasteiger charge is -2.07. The Bertz CT molecular complexity index is 1640. The monoisotopic (exact) mass is 513 g/mol. The van der Waals surface area contributed by atoms with Crippen molar-refractivity contribution in [1.82, 2.24) is 24.9 Å². The number of hydrogen-bond donors (Lipinski definition) is 4. The number of nitrogens with two attached hydrogens (primary N) is 1. The molecule has 0 aliphatic rings. The molecule has 0 spiro atoms. The van der Waals surface area contributed by atoms with Gasteiger partial charge in [-0.05, 0) is 49.4 Å². The summed E-state index contributed by atoms with van der Waals surface area (Å²) in [6.07, 6.45) is 1.56. The van der Waals surface area contributed by atoms with E-state index in [4.69, 9.17) is 15.5 Å². The minimum absolute atomic E-state index is 0.230. The van der Waals surface area contributed by atoms with Crippen molar-refractivity contribution in [3.63, 3.8) is 0 Å². The second-order valence-corrected chi connectivity index (χ2v) is 8.47. The third kappa shape index (κ3) is 5.27. The maximum absolute atomic E-state index is 13.8. The van der Waals surface area contributed by atoms with Gasteiger partial charge in [-0.15, -0.1) is 0 Å². The predicted molar refractivity (Wildman–Crippen MR) is 140 cm³/mol. The van der Waals surface area contributed by atoms with Gasteiger partial charge in [0.2, 0.25) is 5.88 Å². The number of nitrogens with one attached hydrogen (secondary N) is 2. The molecule has 38 heavy (non-hydrogen) atoms. The van der Waals surface area contributed by atoms with Crippen LogP contribution in [0.25, 0.3) is 33.7 Å². The minimum atomic E-state index is -1.34. The molecule has 5 N–H and O–H groups in total. The molecule has 2 aromatic carbocycles. The number of H-pyrrole nitrogens is 1. The molecule has 0 fully saturated rings. The number of aryl methyl sites for hydroxylation is 1. The molecule has 11 heteroatoms. The number of aromatic amines is 1. The number of fused-ring (bicyclic) bond motifs is 1. The van der Waals surface area contributed by atoms with Crippen molar-refractivity contribution in [2.45, 2.75) is 13.5 Å². The molecule has 5 aromatic rings. The number of hydrogen-bond acceptors (Lipinski definition) is 8. The van der Waals surface area contributed by atoms with E-state index in [1.807, 2.05) is 43.3 Å². The normalized spacial score (nSPS) is 11.0. The van der Waals surface area contributed by atoms with Crippen molar-refractivity contribution in [1.29, 1.82) is 0 Å². The van der Waals surface area contributed by atoms with Gasteiger partial charge in [-0.3, -0.25) is 4.98 Å². The highest BCUT2D eigenvalue weighted by atomic mass is 19.1. The number of aromatic carboxylic acids is 1. The fourth-order valence-electron chi connectivity index (χ4n) is 3.94. The van der Waals surface area contributed by atoms with Crippen molar-refractivity contribution >= 4 is 22.7 Å². The maximum atomic E-state index is 13.8. The van der Waals surface area contributed by atoms with Gasteiger partial charge in [0.25, 0.3) is 0 Å². The number of anilines is 1. The third-order valence-electron chi connectivity index (χ3n) is 5.72. The summed E-state index contributed by atoms with van der Waals surface area (Å²) < 4.78 is 19.3. The Morgan fingerprint density at radius 2 is 1.97 bits per heavy atom. The molecule has 0 radical (unpaired) electrons. The number of imidazole rings is 1. The predicted octanol–water partition coefficient (Wildman–Crippen LogP) is 4.18. The zero-order valence-electron chi connectivity index (χ0n) is 20.4. The summed E-state index contributed by atoms with van der Waals surface area (Å²) >= 11 is 0. The maximum Gasteiger partial charge on any atom is 0.338 e. The van der Waals surface area contributed by atoms with Gasteiger partial charge in [0.15, 0.2) is 0 Å². The standard InChI is InChI=1S/C27H24FN7O3/c1-15-3-2-4-21(32-15)26-25(16-5-8-20-22(11-16)33-24(14-31-20)38-10-9-29)34-23(35-26)13-30-17-6-7-19(28)18(12-17)27(36)37/h2-8,11-12,14,30H,9-10,13,29H2,1H3,(H,34,35)(H,36,37). The van der Waals surface area contributed by atoms with Crippen LogP contribution in [-0.4, -0.2) is 49.1 Å². The minimum Gasteiger partial charge on any atom is -0.478 e. The van der Waals surface area contributed by atoms with E-state index in [2.05, 4.69) is 25.3 Å². The number of halogens is 1. The van der Waals surface area contributed by atoms with Gasteiger partial charge in [-0.25, -0.2) is 24.1 Å². The number of ether oxygens (including phenoxy) is 1. The molecule has 0 saturated carbocycles. The second-order valence-electron chi connectivity index (χ2n) is 8.47. The van der Waals surface area contributed by atoms with Crippen LogP contribution >= 0.6 is 0 Å². The second kappa shape index (κ2) is 10.6. The lowest BCUT2D eigenvalue weighted by Crippen LogP contribution is -2.11. The van der Waals surface area contributed by atoms with Crippen molar-refractivity contribution in [3.05, 3.63) is 83.7 Å². The molecule has 0 bridgehead atoms. The fraction of sp³-hybridized carbons (Fsp3) is 0.148. The van der Waals surface area contributed by atoms with Crippen LogP contribution in [0.2, 0.25) is 0 Å². The van der Waals surface area contributed by atoms with Gasteiger partial charge < -0.3 is 25.9 Å². The topological polar surface area (TPSA) is 152 Å². The molecule has 192 valence electrons. The Hall–Kier alpha value is -4.90. The summed E-state index contributed by atoms with van der Waals surface area (Å²) in [5.41, 5.74) is 10.6. The molecule has 3 aromatic heterocycles. The van der Waals surface area contributed by atoms with E-state index in [1.165, 1.54) is 12.1 Å². The van der Waals surface area contributed by atoms with Gasteiger partial charge in [0.1, 0.15) is 18.2 Å². The number of carbonyl (C=O) groups is 1. The summed E-state index contributed by atoms with van der Waals surface area (Å²) in [5.74, 6) is -1.18. The van der Waals surface area contributed by atoms with E-state index >= 15 is 0 Å². The highest BCUT2D eigenvalue weighted by Gasteiger charge is 2.17. The number of pyridine rings is 1. The Morgan fingerprint density at radius 1 is 1.11 bits per heavy atom. The van der Waals surface area contributed by atoms with Crippen LogP contribution in [0.1, 0.15) is 21.9 Å². The molecule has 0 amide bonds. The van der Waals surface area contributed by atoms with Crippen LogP contribution in [0.5, 0.6) is 5.88 Å². The average Bonchev–Trinajstić information content (AvgIpc) is 3.35. The van der Waals surface area contributed by atoms with Crippen LogP contribution in [0.3, 0.4) is 0 Å². The van der Waals surface area contributed by atoms with Crippen LogP contribution in [0, 0.1) is 12.7 Å². The lowest BCUT2D eigenvalue weighted by atomic mass is 10.1. The number of carboxylic acids is 1. The smallest absolute Gasteiger partial charge is 0.338 e. The molecular formula is C27H24FN7O3. The van der Waals surface area contributed by atoms with Crippen molar-refractivity contribution in [2.75, 3.05) is 18.5 Å². The van der Waals surface area contributed by atoms with E-state index in [-0.39, 0.29) is 6.54 Å². The van der Waals surface area contributed by atoms with E-state index in [0.717, 1.165) is 17.3 Å². The summed E-state index contributed by atoms with van der Waals surface area (Å²) in [5, 5.41) is 12.3. The van der Waals surface area contributed by atoms with Gasteiger partial charge >= 0.3 is 5.97 Å². The van der Waals surface area contributed by atoms with E-state index < -0.39 is 17.3 Å². The zero-order valence-corrected chi connectivity index (χ0v) is 20.4. The Balaban J connectivity index is 1.51. The third-order valence-corrected chi connectivity index (χ3v) is 5.72. The fourth-order valence-corrected chi connectivity index (χ4v) is 3.94. The van der Waals surface area contributed by atoms with Crippen LogP contribution in [0.4, 0.5) is 10.1 Å². The van der Waals surface area contributed by atoms with Gasteiger partial charge in [-0.2, -0.15) is 0 Å². The number of benzene rings is 2. The first-order valence-corrected chi connectivity index (χ1v) is 11.8. The molecule has 0 unspecified atom stereocenters. The van der Waals surface area contributed by atoms with E-state index in [1.54, 1.807) is 6.20 Å². The Labute approximate surface area is 216 Å². The molecule has 0 aliphatic carbocycles. The van der Waals surface area contributed by atoms with Crippen LogP contribution in [0.15, 0.2) is 60.8 Å².